The second-order valence-electron chi connectivity index (χ2n) is 8.15. The van der Waals surface area contributed by atoms with Gasteiger partial charge < -0.3 is 48.9 Å². The van der Waals surface area contributed by atoms with Gasteiger partial charge in [0.25, 0.3) is 0 Å². The highest BCUT2D eigenvalue weighted by Crippen LogP contribution is 2.05. The van der Waals surface area contributed by atoms with Crippen molar-refractivity contribution in [2.75, 3.05) is 38.5 Å². The van der Waals surface area contributed by atoms with Gasteiger partial charge in [-0.15, -0.1) is 0 Å². The van der Waals surface area contributed by atoms with E-state index in [1.807, 2.05) is 0 Å². The Balaban J connectivity index is 5.21. The van der Waals surface area contributed by atoms with Crippen molar-refractivity contribution in [1.29, 1.82) is 0 Å². The van der Waals surface area contributed by atoms with E-state index in [0.717, 1.165) is 0 Å². The first-order chi connectivity index (χ1) is 17.5. The zero-order valence-electron chi connectivity index (χ0n) is 20.8. The molecule has 0 aliphatic rings. The van der Waals surface area contributed by atoms with Crippen LogP contribution in [0.3, 0.4) is 0 Å². The van der Waals surface area contributed by atoms with Crippen LogP contribution in [-0.4, -0.2) is 97.2 Å². The highest BCUT2D eigenvalue weighted by Gasteiger charge is 2.27. The molecule has 0 unspecified atom stereocenters. The first kappa shape index (κ1) is 34.0. The van der Waals surface area contributed by atoms with Gasteiger partial charge in [-0.3, -0.25) is 28.8 Å². The molecule has 37 heavy (non-hydrogen) atoms. The number of hydrogen-bond acceptors (Lipinski definition) is 10. The van der Waals surface area contributed by atoms with Gasteiger partial charge in [-0.25, -0.2) is 0 Å². The smallest absolute Gasteiger partial charge is 0.322 e. The molecule has 0 aliphatic carbocycles. The van der Waals surface area contributed by atoms with E-state index in [2.05, 4.69) is 39.2 Å². The molecular formula is C21H40N8O7S. The quantitative estimate of drug-likeness (QED) is 0.0519. The Hall–Kier alpha value is -2.95. The summed E-state index contributed by atoms with van der Waals surface area (Å²) in [5.41, 5.74) is 16.6. The minimum absolute atomic E-state index is 0.0897. The van der Waals surface area contributed by atoms with E-state index in [1.54, 1.807) is 0 Å². The van der Waals surface area contributed by atoms with Crippen molar-refractivity contribution in [1.82, 2.24) is 26.6 Å². The molecule has 0 saturated carbocycles. The van der Waals surface area contributed by atoms with Gasteiger partial charge >= 0.3 is 5.97 Å². The number of nitrogens with two attached hydrogens (primary N) is 3. The average molecular weight is 549 g/mol. The summed E-state index contributed by atoms with van der Waals surface area (Å²) in [7, 11) is 0. The van der Waals surface area contributed by atoms with Crippen LogP contribution in [0.2, 0.25) is 0 Å². The molecule has 16 heteroatoms. The van der Waals surface area contributed by atoms with Crippen molar-refractivity contribution in [3.8, 4) is 0 Å². The summed E-state index contributed by atoms with van der Waals surface area (Å²) in [5.74, 6) is -4.35. The summed E-state index contributed by atoms with van der Waals surface area (Å²) in [5, 5.41) is 20.6. The molecule has 15 nitrogen and oxygen atoms in total. The highest BCUT2D eigenvalue weighted by molar-refractivity contribution is 7.80. The summed E-state index contributed by atoms with van der Waals surface area (Å²) >= 11 is 3.92. The predicted molar refractivity (Wildman–Crippen MR) is 138 cm³/mol. The third kappa shape index (κ3) is 16.4. The van der Waals surface area contributed by atoms with E-state index >= 15 is 0 Å². The molecule has 0 aromatic rings. The van der Waals surface area contributed by atoms with Crippen LogP contribution in [0.1, 0.15) is 38.5 Å². The van der Waals surface area contributed by atoms with Crippen LogP contribution in [0.15, 0.2) is 0 Å². The van der Waals surface area contributed by atoms with E-state index < -0.39 is 73.3 Å². The lowest BCUT2D eigenvalue weighted by Gasteiger charge is -2.23. The first-order valence-electron chi connectivity index (χ1n) is 12.0. The van der Waals surface area contributed by atoms with Crippen molar-refractivity contribution >= 4 is 48.1 Å². The first-order valence-corrected chi connectivity index (χ1v) is 12.6. The number of carboxylic acid groups (broad SMARTS) is 1. The second-order valence-corrected chi connectivity index (χ2v) is 8.51. The fraction of sp³-hybridized carbons (Fsp3) is 0.714. The zero-order chi connectivity index (χ0) is 28.2. The zero-order valence-corrected chi connectivity index (χ0v) is 21.7. The summed E-state index contributed by atoms with van der Waals surface area (Å²) in [6, 6.07) is -2.94. The minimum atomic E-state index is -1.24. The Morgan fingerprint density at radius 3 is 1.70 bits per heavy atom. The van der Waals surface area contributed by atoms with E-state index in [0.29, 0.717) is 38.8 Å². The lowest BCUT2D eigenvalue weighted by atomic mass is 10.1. The van der Waals surface area contributed by atoms with Gasteiger partial charge in [0.2, 0.25) is 29.5 Å². The van der Waals surface area contributed by atoms with E-state index in [1.165, 1.54) is 0 Å². The van der Waals surface area contributed by atoms with Crippen LogP contribution in [0, 0.1) is 0 Å². The normalized spacial score (nSPS) is 13.0. The van der Waals surface area contributed by atoms with Crippen LogP contribution in [0.25, 0.3) is 0 Å². The molecule has 0 bridgehead atoms. The minimum Gasteiger partial charge on any atom is -0.480 e. The van der Waals surface area contributed by atoms with Crippen molar-refractivity contribution in [2.24, 2.45) is 17.2 Å². The molecule has 0 rings (SSSR count). The number of unbranched alkanes of at least 4 members (excludes halogenated alkanes) is 2. The molecule has 0 saturated heterocycles. The molecule has 12 N–H and O–H groups in total. The maximum absolute atomic E-state index is 13.0. The molecule has 0 aromatic heterocycles. The predicted octanol–water partition coefficient (Wildman–Crippen LogP) is -4.10. The van der Waals surface area contributed by atoms with E-state index in [-0.39, 0.29) is 18.6 Å². The topological polar surface area (TPSA) is 261 Å². The molecule has 0 aromatic carbocycles. The third-order valence-corrected chi connectivity index (χ3v) is 5.39. The molecule has 212 valence electrons. The Morgan fingerprint density at radius 1 is 0.676 bits per heavy atom. The molecule has 5 amide bonds. The number of carboxylic acids is 1. The second kappa shape index (κ2) is 20.1. The van der Waals surface area contributed by atoms with Crippen molar-refractivity contribution < 1.29 is 33.9 Å². The lowest BCUT2D eigenvalue weighted by molar-refractivity contribution is -0.138. The van der Waals surface area contributed by atoms with Crippen LogP contribution < -0.4 is 43.8 Å². The molecule has 0 spiro atoms. The lowest BCUT2D eigenvalue weighted by Crippen LogP contribution is -2.55. The monoisotopic (exact) mass is 548 g/mol. The summed E-state index contributed by atoms with van der Waals surface area (Å²) in [6.45, 7) is -0.738. The van der Waals surface area contributed by atoms with Gasteiger partial charge in [0.1, 0.15) is 18.6 Å². The summed E-state index contributed by atoms with van der Waals surface area (Å²) < 4.78 is 0. The van der Waals surface area contributed by atoms with Crippen LogP contribution in [-0.2, 0) is 28.8 Å². The standard InChI is InChI=1S/C21H40N8O7S/c22-7-3-1-5-14(20(35)27-9-16(30)25-11-18(32)33)29-21(36)15(6-2-4-8-23)28-17(31)10-26-19(34)13(24)12-37/h13-15,37H,1-12,22-24H2,(H,25,30)(H,26,34)(H,27,35)(H,28,31)(H,29,36)(H,32,33)/t13-,14-,15-/m0/s1. The molecule has 3 atom stereocenters. The maximum atomic E-state index is 13.0. The molecule has 0 radical (unpaired) electrons. The number of thiol groups is 1. The van der Waals surface area contributed by atoms with Crippen LogP contribution in [0.5, 0.6) is 0 Å². The number of amides is 5. The molecular weight excluding hydrogens is 508 g/mol. The van der Waals surface area contributed by atoms with Gasteiger partial charge in [0.05, 0.1) is 19.1 Å². The summed E-state index contributed by atoms with van der Waals surface area (Å²) in [6.07, 6.45) is 2.64. The maximum Gasteiger partial charge on any atom is 0.322 e. The third-order valence-electron chi connectivity index (χ3n) is 5.00. The largest absolute Gasteiger partial charge is 0.480 e. The van der Waals surface area contributed by atoms with Crippen molar-refractivity contribution in [3.05, 3.63) is 0 Å². The Bertz CT molecular complexity index is 771. The number of nitrogens with one attached hydrogen (secondary N) is 5. The molecule has 0 aliphatic heterocycles. The van der Waals surface area contributed by atoms with Crippen LogP contribution >= 0.6 is 12.6 Å². The van der Waals surface area contributed by atoms with E-state index in [9.17, 15) is 28.8 Å². The van der Waals surface area contributed by atoms with Gasteiger partial charge in [-0.1, -0.05) is 0 Å². The molecule has 0 fully saturated rings. The van der Waals surface area contributed by atoms with Gasteiger partial charge in [0.15, 0.2) is 0 Å². The Morgan fingerprint density at radius 2 is 1.19 bits per heavy atom. The average Bonchev–Trinajstić information content (AvgIpc) is 2.87. The fourth-order valence-corrected chi connectivity index (χ4v) is 3.12. The van der Waals surface area contributed by atoms with Gasteiger partial charge in [-0.05, 0) is 51.6 Å². The number of hydrogen-bond donors (Lipinski definition) is 10. The summed E-state index contributed by atoms with van der Waals surface area (Å²) in [4.78, 5) is 72.1. The highest BCUT2D eigenvalue weighted by atomic mass is 32.1. The van der Waals surface area contributed by atoms with Gasteiger partial charge in [-0.2, -0.15) is 12.6 Å². The van der Waals surface area contributed by atoms with Crippen LogP contribution in [0.4, 0.5) is 0 Å². The molecule has 0 heterocycles. The SMILES string of the molecule is NCCCC[C@H](NC(=O)CNC(=O)[C@@H](N)CS)C(=O)N[C@@H](CCCCN)C(=O)NCC(=O)NCC(=O)O. The number of carbonyl (C=O) groups excluding carboxylic acids is 5. The van der Waals surface area contributed by atoms with E-state index in [4.69, 9.17) is 22.3 Å². The van der Waals surface area contributed by atoms with Gasteiger partial charge in [0, 0.05) is 5.75 Å². The Labute approximate surface area is 221 Å². The number of carbonyl (C=O) groups is 6. The number of aliphatic carboxylic acids is 1. The van der Waals surface area contributed by atoms with Crippen molar-refractivity contribution in [2.45, 2.75) is 56.7 Å². The fourth-order valence-electron chi connectivity index (χ4n) is 2.95. The van der Waals surface area contributed by atoms with Crippen molar-refractivity contribution in [3.63, 3.8) is 0 Å². The number of rotatable bonds is 20. The Kier molecular flexibility index (Phi) is 18.5.